The molecule has 1 aliphatic heterocycles. The Kier molecular flexibility index (Phi) is 6.81. The summed E-state index contributed by atoms with van der Waals surface area (Å²) >= 11 is 6.50. The van der Waals surface area contributed by atoms with E-state index in [1.807, 2.05) is 0 Å². The second-order valence-corrected chi connectivity index (χ2v) is 6.39. The molecule has 0 aliphatic carbocycles. The molecule has 1 saturated heterocycles. The summed E-state index contributed by atoms with van der Waals surface area (Å²) in [6, 6.07) is 6.44. The molecule has 1 N–H and O–H groups in total. The van der Waals surface area contributed by atoms with Gasteiger partial charge in [-0.1, -0.05) is 24.6 Å². The van der Waals surface area contributed by atoms with Crippen LogP contribution in [0.2, 0.25) is 5.02 Å². The number of nitrogens with one attached hydrogen (secondary N) is 1. The third-order valence-electron chi connectivity index (χ3n) is 4.18. The second-order valence-electron chi connectivity index (χ2n) is 5.98. The van der Waals surface area contributed by atoms with Crippen LogP contribution in [0.3, 0.4) is 0 Å². The number of hydrogen-bond acceptors (Lipinski definition) is 3. The minimum atomic E-state index is 0.734. The van der Waals surface area contributed by atoms with E-state index in [4.69, 9.17) is 16.3 Å². The van der Waals surface area contributed by atoms with Crippen molar-refractivity contribution in [1.82, 2.24) is 5.32 Å². The first kappa shape index (κ1) is 16.6. The van der Waals surface area contributed by atoms with Crippen LogP contribution in [0.4, 0.5) is 5.69 Å². The normalized spacial score (nSPS) is 19.6. The maximum atomic E-state index is 6.50. The van der Waals surface area contributed by atoms with Gasteiger partial charge in [-0.25, -0.2) is 0 Å². The van der Waals surface area contributed by atoms with E-state index in [9.17, 15) is 0 Å². The number of anilines is 1. The lowest BCUT2D eigenvalue weighted by molar-refractivity contribution is 0.199. The van der Waals surface area contributed by atoms with Crippen LogP contribution in [0.15, 0.2) is 18.2 Å². The predicted octanol–water partition coefficient (Wildman–Crippen LogP) is 3.70. The number of rotatable bonds is 6. The summed E-state index contributed by atoms with van der Waals surface area (Å²) < 4.78 is 5.03. The number of ether oxygens (including phenoxy) is 1. The lowest BCUT2D eigenvalue weighted by Gasteiger charge is -2.24. The fourth-order valence-corrected chi connectivity index (χ4v) is 3.15. The summed E-state index contributed by atoms with van der Waals surface area (Å²) in [5, 5.41) is 4.22. The topological polar surface area (TPSA) is 24.5 Å². The van der Waals surface area contributed by atoms with Gasteiger partial charge < -0.3 is 15.0 Å². The molecule has 0 saturated carbocycles. The highest BCUT2D eigenvalue weighted by atomic mass is 35.5. The Morgan fingerprint density at radius 2 is 2.19 bits per heavy atom. The van der Waals surface area contributed by atoms with Crippen LogP contribution >= 0.6 is 11.6 Å². The average Bonchev–Trinajstić information content (AvgIpc) is 2.69. The van der Waals surface area contributed by atoms with Gasteiger partial charge in [-0.05, 0) is 42.9 Å². The van der Waals surface area contributed by atoms with E-state index >= 15 is 0 Å². The van der Waals surface area contributed by atoms with E-state index in [0.29, 0.717) is 0 Å². The maximum absolute atomic E-state index is 6.50. The highest BCUT2D eigenvalue weighted by Gasteiger charge is 2.16. The Hall–Kier alpha value is -0.770. The van der Waals surface area contributed by atoms with E-state index < -0.39 is 0 Å². The molecule has 1 aliphatic rings. The molecule has 1 fully saturated rings. The third-order valence-corrected chi connectivity index (χ3v) is 4.48. The van der Waals surface area contributed by atoms with Gasteiger partial charge >= 0.3 is 0 Å². The van der Waals surface area contributed by atoms with Gasteiger partial charge in [-0.2, -0.15) is 0 Å². The van der Waals surface area contributed by atoms with Crippen LogP contribution in [0, 0.1) is 5.92 Å². The second kappa shape index (κ2) is 8.62. The highest BCUT2D eigenvalue weighted by Crippen LogP contribution is 2.29. The molecule has 1 atom stereocenters. The minimum Gasteiger partial charge on any atom is -0.383 e. The van der Waals surface area contributed by atoms with Crippen LogP contribution < -0.4 is 10.2 Å². The monoisotopic (exact) mass is 310 g/mol. The molecule has 1 heterocycles. The average molecular weight is 311 g/mol. The first-order valence-corrected chi connectivity index (χ1v) is 8.31. The maximum Gasteiger partial charge on any atom is 0.0642 e. The van der Waals surface area contributed by atoms with Crippen LogP contribution in [0.1, 0.15) is 31.7 Å². The van der Waals surface area contributed by atoms with Crippen molar-refractivity contribution in [3.8, 4) is 0 Å². The van der Waals surface area contributed by atoms with Crippen molar-refractivity contribution < 1.29 is 4.74 Å². The molecule has 0 bridgehead atoms. The largest absolute Gasteiger partial charge is 0.383 e. The first-order valence-electron chi connectivity index (χ1n) is 7.93. The van der Waals surface area contributed by atoms with Crippen LogP contribution in [0.25, 0.3) is 0 Å². The summed E-state index contributed by atoms with van der Waals surface area (Å²) in [4.78, 5) is 2.44. The van der Waals surface area contributed by atoms with Gasteiger partial charge in [-0.3, -0.25) is 0 Å². The summed E-state index contributed by atoms with van der Waals surface area (Å²) in [5.41, 5.74) is 2.41. The third kappa shape index (κ3) is 5.17. The SMILES string of the molecule is COCCNCc1ccc(N2CCCC(C)CC2)c(Cl)c1. The fourth-order valence-electron chi connectivity index (χ4n) is 2.83. The molecule has 1 aromatic carbocycles. The van der Waals surface area contributed by atoms with Crippen molar-refractivity contribution in [2.75, 3.05) is 38.3 Å². The Bertz CT molecular complexity index is 439. The van der Waals surface area contributed by atoms with Crippen molar-refractivity contribution in [2.45, 2.75) is 32.7 Å². The van der Waals surface area contributed by atoms with E-state index in [1.54, 1.807) is 7.11 Å². The van der Waals surface area contributed by atoms with Gasteiger partial charge in [0.15, 0.2) is 0 Å². The van der Waals surface area contributed by atoms with E-state index in [1.165, 1.54) is 30.5 Å². The zero-order valence-electron chi connectivity index (χ0n) is 13.2. The summed E-state index contributed by atoms with van der Waals surface area (Å²) in [6.45, 7) is 7.01. The Labute approximate surface area is 133 Å². The molecule has 0 amide bonds. The fraction of sp³-hybridized carbons (Fsp3) is 0.647. The van der Waals surface area contributed by atoms with Crippen molar-refractivity contribution >= 4 is 17.3 Å². The lowest BCUT2D eigenvalue weighted by Crippen LogP contribution is -2.24. The summed E-state index contributed by atoms with van der Waals surface area (Å²) in [6.07, 6.45) is 3.85. The van der Waals surface area contributed by atoms with Crippen molar-refractivity contribution in [3.63, 3.8) is 0 Å². The molecule has 4 heteroatoms. The zero-order valence-corrected chi connectivity index (χ0v) is 14.0. The van der Waals surface area contributed by atoms with E-state index in [2.05, 4.69) is 35.3 Å². The number of halogens is 1. The molecule has 1 aromatic rings. The standard InChI is InChI=1S/C17H27ClN2O/c1-14-4-3-9-20(10-7-14)17-6-5-15(12-16(17)18)13-19-8-11-21-2/h5-6,12,14,19H,3-4,7-11,13H2,1-2H3. The number of hydrogen-bond donors (Lipinski definition) is 1. The molecule has 118 valence electrons. The van der Waals surface area contributed by atoms with E-state index in [0.717, 1.165) is 43.7 Å². The molecule has 21 heavy (non-hydrogen) atoms. The first-order chi connectivity index (χ1) is 10.2. The van der Waals surface area contributed by atoms with Gasteiger partial charge in [0, 0.05) is 33.3 Å². The molecular weight excluding hydrogens is 284 g/mol. The van der Waals surface area contributed by atoms with Gasteiger partial charge in [0.05, 0.1) is 17.3 Å². The van der Waals surface area contributed by atoms with Gasteiger partial charge in [0.25, 0.3) is 0 Å². The van der Waals surface area contributed by atoms with Crippen molar-refractivity contribution in [1.29, 1.82) is 0 Å². The summed E-state index contributed by atoms with van der Waals surface area (Å²) in [5.74, 6) is 0.832. The number of benzene rings is 1. The molecule has 0 spiro atoms. The van der Waals surface area contributed by atoms with Crippen LogP contribution in [-0.4, -0.2) is 33.4 Å². The smallest absolute Gasteiger partial charge is 0.0642 e. The zero-order chi connectivity index (χ0) is 15.1. The van der Waals surface area contributed by atoms with Gasteiger partial charge in [-0.15, -0.1) is 0 Å². The van der Waals surface area contributed by atoms with E-state index in [-0.39, 0.29) is 0 Å². The van der Waals surface area contributed by atoms with Crippen LogP contribution in [-0.2, 0) is 11.3 Å². The van der Waals surface area contributed by atoms with Gasteiger partial charge in [0.2, 0.25) is 0 Å². The quantitative estimate of drug-likeness (QED) is 0.811. The van der Waals surface area contributed by atoms with Crippen LogP contribution in [0.5, 0.6) is 0 Å². The Morgan fingerprint density at radius 3 is 2.95 bits per heavy atom. The highest BCUT2D eigenvalue weighted by molar-refractivity contribution is 6.33. The lowest BCUT2D eigenvalue weighted by atomic mass is 10.0. The molecular formula is C17H27ClN2O. The minimum absolute atomic E-state index is 0.734. The predicted molar refractivity (Wildman–Crippen MR) is 90.3 cm³/mol. The molecule has 3 nitrogen and oxygen atoms in total. The Morgan fingerprint density at radius 1 is 1.33 bits per heavy atom. The number of nitrogens with zero attached hydrogens (tertiary/aromatic N) is 1. The Balaban J connectivity index is 1.95. The summed E-state index contributed by atoms with van der Waals surface area (Å²) in [7, 11) is 1.72. The van der Waals surface area contributed by atoms with Crippen molar-refractivity contribution in [3.05, 3.63) is 28.8 Å². The van der Waals surface area contributed by atoms with Crippen molar-refractivity contribution in [2.24, 2.45) is 5.92 Å². The van der Waals surface area contributed by atoms with Gasteiger partial charge in [0.1, 0.15) is 0 Å². The number of methoxy groups -OCH3 is 1. The molecule has 2 rings (SSSR count). The molecule has 0 aromatic heterocycles. The molecule has 1 unspecified atom stereocenters. The molecule has 0 radical (unpaired) electrons.